The van der Waals surface area contributed by atoms with Gasteiger partial charge in [0.1, 0.15) is 5.69 Å². The molecular weight excluding hydrogens is 284 g/mol. The Balaban J connectivity index is 1.49. The van der Waals surface area contributed by atoms with Crippen molar-refractivity contribution >= 4 is 5.91 Å². The van der Waals surface area contributed by atoms with Crippen molar-refractivity contribution in [2.75, 3.05) is 13.1 Å². The number of nitrogens with one attached hydrogen (secondary N) is 1. The minimum Gasteiger partial charge on any atom is -0.463 e. The second-order valence-electron chi connectivity index (χ2n) is 5.22. The normalized spacial score (nSPS) is 18.0. The lowest BCUT2D eigenvalue weighted by Crippen LogP contribution is -2.29. The van der Waals surface area contributed by atoms with Gasteiger partial charge in [0, 0.05) is 25.4 Å². The average molecular weight is 298 g/mol. The van der Waals surface area contributed by atoms with E-state index in [-0.39, 0.29) is 11.9 Å². The van der Waals surface area contributed by atoms with Gasteiger partial charge in [-0.05, 0) is 18.6 Å². The maximum atomic E-state index is 12.5. The predicted octanol–water partition coefficient (Wildman–Crippen LogP) is 1.35. The molecule has 1 fully saturated rings. The van der Waals surface area contributed by atoms with Crippen LogP contribution in [0.1, 0.15) is 23.0 Å². The molecule has 1 aliphatic heterocycles. The average Bonchev–Trinajstić information content (AvgIpc) is 3.35. The summed E-state index contributed by atoms with van der Waals surface area (Å²) < 4.78 is 7.09. The number of rotatable bonds is 3. The van der Waals surface area contributed by atoms with Crippen LogP contribution in [0.4, 0.5) is 0 Å². The van der Waals surface area contributed by atoms with Gasteiger partial charge in [-0.25, -0.2) is 4.68 Å². The first-order valence-corrected chi connectivity index (χ1v) is 7.05. The molecule has 22 heavy (non-hydrogen) atoms. The highest BCUT2D eigenvalue weighted by Crippen LogP contribution is 2.23. The molecule has 0 aliphatic carbocycles. The smallest absolute Gasteiger partial charge is 0.274 e. The lowest BCUT2D eigenvalue weighted by atomic mass is 10.3. The van der Waals surface area contributed by atoms with E-state index < -0.39 is 0 Å². The van der Waals surface area contributed by atoms with Crippen molar-refractivity contribution in [3.63, 3.8) is 0 Å². The van der Waals surface area contributed by atoms with Crippen molar-refractivity contribution in [2.24, 2.45) is 0 Å². The van der Waals surface area contributed by atoms with E-state index in [9.17, 15) is 4.79 Å². The van der Waals surface area contributed by atoms with E-state index in [0.717, 1.165) is 6.42 Å². The zero-order chi connectivity index (χ0) is 14.9. The van der Waals surface area contributed by atoms with Crippen molar-refractivity contribution in [1.29, 1.82) is 0 Å². The molecule has 0 bridgehead atoms. The summed E-state index contributed by atoms with van der Waals surface area (Å²) in [5.74, 6) is 0.574. The third-order valence-corrected chi connectivity index (χ3v) is 3.85. The SMILES string of the molecule is O=C(c1cc(-c2ccco2)[nH]n1)N1CC[C@@H](n2ccnn2)C1. The first-order chi connectivity index (χ1) is 10.8. The molecule has 0 saturated carbocycles. The van der Waals surface area contributed by atoms with Crippen LogP contribution in [-0.4, -0.2) is 49.1 Å². The van der Waals surface area contributed by atoms with Gasteiger partial charge in [-0.1, -0.05) is 5.21 Å². The van der Waals surface area contributed by atoms with Gasteiger partial charge >= 0.3 is 0 Å². The summed E-state index contributed by atoms with van der Waals surface area (Å²) in [4.78, 5) is 14.3. The van der Waals surface area contributed by atoms with Crippen molar-refractivity contribution in [1.82, 2.24) is 30.1 Å². The van der Waals surface area contributed by atoms with E-state index in [4.69, 9.17) is 4.42 Å². The Kier molecular flexibility index (Phi) is 2.99. The highest BCUT2D eigenvalue weighted by atomic mass is 16.3. The molecule has 0 unspecified atom stereocenters. The maximum Gasteiger partial charge on any atom is 0.274 e. The molecule has 4 rings (SSSR count). The van der Waals surface area contributed by atoms with Gasteiger partial charge in [0.25, 0.3) is 5.91 Å². The molecule has 8 nitrogen and oxygen atoms in total. The summed E-state index contributed by atoms with van der Waals surface area (Å²) in [6.45, 7) is 1.30. The fourth-order valence-corrected chi connectivity index (χ4v) is 2.71. The van der Waals surface area contributed by atoms with Gasteiger partial charge in [0.2, 0.25) is 0 Å². The Bertz CT molecular complexity index is 761. The Labute approximate surface area is 125 Å². The van der Waals surface area contributed by atoms with Crippen molar-refractivity contribution < 1.29 is 9.21 Å². The van der Waals surface area contributed by atoms with Crippen LogP contribution >= 0.6 is 0 Å². The summed E-state index contributed by atoms with van der Waals surface area (Å²) in [5, 5.41) is 14.7. The van der Waals surface area contributed by atoms with Crippen LogP contribution in [0.2, 0.25) is 0 Å². The van der Waals surface area contributed by atoms with E-state index in [0.29, 0.717) is 30.2 Å². The van der Waals surface area contributed by atoms with Crippen molar-refractivity contribution in [2.45, 2.75) is 12.5 Å². The summed E-state index contributed by atoms with van der Waals surface area (Å²) in [5.41, 5.74) is 1.09. The van der Waals surface area contributed by atoms with E-state index in [1.807, 2.05) is 12.3 Å². The second kappa shape index (κ2) is 5.14. The Morgan fingerprint density at radius 3 is 3.18 bits per heavy atom. The van der Waals surface area contributed by atoms with Crippen LogP contribution in [-0.2, 0) is 0 Å². The highest BCUT2D eigenvalue weighted by molar-refractivity contribution is 5.93. The lowest BCUT2D eigenvalue weighted by molar-refractivity contribution is 0.0781. The standard InChI is InChI=1S/C14H14N6O2/c21-14(12-8-11(16-17-12)13-2-1-7-22-13)19-5-3-10(9-19)20-6-4-15-18-20/h1-2,4,6-8,10H,3,5,9H2,(H,16,17)/t10-/m1/s1. The van der Waals surface area contributed by atoms with Gasteiger partial charge in [-0.2, -0.15) is 5.10 Å². The third kappa shape index (κ3) is 2.18. The van der Waals surface area contributed by atoms with Gasteiger partial charge in [0.15, 0.2) is 11.5 Å². The van der Waals surface area contributed by atoms with Crippen LogP contribution in [0.25, 0.3) is 11.5 Å². The quantitative estimate of drug-likeness (QED) is 0.787. The molecule has 112 valence electrons. The van der Waals surface area contributed by atoms with E-state index in [1.54, 1.807) is 34.2 Å². The molecule has 3 aromatic rings. The van der Waals surface area contributed by atoms with Gasteiger partial charge in [0.05, 0.1) is 18.5 Å². The third-order valence-electron chi connectivity index (χ3n) is 3.85. The van der Waals surface area contributed by atoms with Gasteiger partial charge in [-0.3, -0.25) is 9.89 Å². The number of hydrogen-bond acceptors (Lipinski definition) is 5. The molecule has 1 saturated heterocycles. The lowest BCUT2D eigenvalue weighted by Gasteiger charge is -2.14. The fraction of sp³-hybridized carbons (Fsp3) is 0.286. The Morgan fingerprint density at radius 2 is 2.41 bits per heavy atom. The molecular formula is C14H14N6O2. The number of amides is 1. The summed E-state index contributed by atoms with van der Waals surface area (Å²) in [7, 11) is 0. The summed E-state index contributed by atoms with van der Waals surface area (Å²) in [6, 6.07) is 5.50. The summed E-state index contributed by atoms with van der Waals surface area (Å²) in [6.07, 6.45) is 5.92. The first kappa shape index (κ1) is 12.8. The zero-order valence-electron chi connectivity index (χ0n) is 11.7. The Hall–Kier alpha value is -2.90. The topological polar surface area (TPSA) is 92.8 Å². The monoisotopic (exact) mass is 298 g/mol. The number of carbonyl (C=O) groups is 1. The number of carbonyl (C=O) groups excluding carboxylic acids is 1. The molecule has 3 aromatic heterocycles. The van der Waals surface area contributed by atoms with E-state index in [2.05, 4.69) is 20.5 Å². The number of furan rings is 1. The number of aromatic amines is 1. The van der Waals surface area contributed by atoms with E-state index >= 15 is 0 Å². The minimum atomic E-state index is -0.0864. The molecule has 1 aliphatic rings. The molecule has 8 heteroatoms. The van der Waals surface area contributed by atoms with Crippen molar-refractivity contribution in [3.8, 4) is 11.5 Å². The number of likely N-dealkylation sites (tertiary alicyclic amines) is 1. The predicted molar refractivity (Wildman–Crippen MR) is 75.9 cm³/mol. The van der Waals surface area contributed by atoms with E-state index in [1.165, 1.54) is 0 Å². The molecule has 1 N–H and O–H groups in total. The second-order valence-corrected chi connectivity index (χ2v) is 5.22. The first-order valence-electron chi connectivity index (χ1n) is 7.05. The number of aromatic nitrogens is 5. The number of H-pyrrole nitrogens is 1. The van der Waals surface area contributed by atoms with Gasteiger partial charge in [-0.15, -0.1) is 5.10 Å². The molecule has 4 heterocycles. The zero-order valence-corrected chi connectivity index (χ0v) is 11.7. The van der Waals surface area contributed by atoms with Crippen molar-refractivity contribution in [3.05, 3.63) is 42.5 Å². The number of nitrogens with zero attached hydrogens (tertiary/aromatic N) is 5. The molecule has 0 radical (unpaired) electrons. The number of hydrogen-bond donors (Lipinski definition) is 1. The Morgan fingerprint density at radius 1 is 1.45 bits per heavy atom. The van der Waals surface area contributed by atoms with Crippen LogP contribution in [0.15, 0.2) is 41.3 Å². The fourth-order valence-electron chi connectivity index (χ4n) is 2.71. The van der Waals surface area contributed by atoms with Crippen LogP contribution < -0.4 is 0 Å². The van der Waals surface area contributed by atoms with Crippen LogP contribution in [0.3, 0.4) is 0 Å². The van der Waals surface area contributed by atoms with Crippen LogP contribution in [0, 0.1) is 0 Å². The largest absolute Gasteiger partial charge is 0.463 e. The summed E-state index contributed by atoms with van der Waals surface area (Å²) >= 11 is 0. The maximum absolute atomic E-state index is 12.5. The van der Waals surface area contributed by atoms with Crippen LogP contribution in [0.5, 0.6) is 0 Å². The minimum absolute atomic E-state index is 0.0864. The molecule has 1 amide bonds. The molecule has 0 aromatic carbocycles. The molecule has 1 atom stereocenters. The molecule has 0 spiro atoms. The highest BCUT2D eigenvalue weighted by Gasteiger charge is 2.29. The van der Waals surface area contributed by atoms with Gasteiger partial charge < -0.3 is 9.32 Å².